The van der Waals surface area contributed by atoms with Crippen LogP contribution in [-0.2, 0) is 26.2 Å². The minimum absolute atomic E-state index is 0. The number of fused-ring (bicyclic) bond motifs is 2. The molecule has 0 saturated carbocycles. The summed E-state index contributed by atoms with van der Waals surface area (Å²) in [6.45, 7) is 2.38. The van der Waals surface area contributed by atoms with Crippen LogP contribution in [0.15, 0.2) is 60.7 Å². The summed E-state index contributed by atoms with van der Waals surface area (Å²) in [4.78, 5) is 0. The molecule has 2 aliphatic rings. The molecule has 102 valence electrons. The van der Waals surface area contributed by atoms with E-state index >= 15 is 0 Å². The number of allylic oxidation sites excluding steroid dienone is 2. The van der Waals surface area contributed by atoms with Crippen LogP contribution >= 0.6 is 0 Å². The summed E-state index contributed by atoms with van der Waals surface area (Å²) in [5, 5.41) is 0. The molecular weight excluding hydrogens is 331 g/mol. The van der Waals surface area contributed by atoms with E-state index in [0.29, 0.717) is 17.8 Å². The molecule has 2 aliphatic carbocycles. The fourth-order valence-electron chi connectivity index (χ4n) is 3.69. The van der Waals surface area contributed by atoms with Crippen LogP contribution in [0.2, 0.25) is 0 Å². The molecule has 1 heteroatoms. The van der Waals surface area contributed by atoms with Crippen LogP contribution < -0.4 is 0 Å². The fourth-order valence-corrected chi connectivity index (χ4v) is 3.69. The van der Waals surface area contributed by atoms with E-state index in [9.17, 15) is 0 Å². The van der Waals surface area contributed by atoms with Crippen molar-refractivity contribution < 1.29 is 26.2 Å². The predicted molar refractivity (Wildman–Crippen MR) is 85.6 cm³/mol. The summed E-state index contributed by atoms with van der Waals surface area (Å²) < 4.78 is 0. The number of benzene rings is 2. The second-order valence-corrected chi connectivity index (χ2v) is 5.89. The molecule has 0 bridgehead atoms. The minimum Gasteiger partial charge on any atom is -0.0761 e. The van der Waals surface area contributed by atoms with Crippen molar-refractivity contribution in [3.05, 3.63) is 82.9 Å². The van der Waals surface area contributed by atoms with Gasteiger partial charge in [0.05, 0.1) is 0 Å². The topological polar surface area (TPSA) is 0 Å². The van der Waals surface area contributed by atoms with Gasteiger partial charge >= 0.3 is 0 Å². The Hall–Kier alpha value is -1.20. The standard InChI is InChI=1S/C20H18.Zr/c1-14(17-12-10-15-6-2-4-8-19(15)17)18-13-11-16-7-3-5-9-20(16)18;/h2-14,17-18H,1H3;. The Morgan fingerprint density at radius 2 is 1.14 bits per heavy atom. The summed E-state index contributed by atoms with van der Waals surface area (Å²) >= 11 is 0. The summed E-state index contributed by atoms with van der Waals surface area (Å²) in [7, 11) is 0. The van der Waals surface area contributed by atoms with Gasteiger partial charge in [0.25, 0.3) is 0 Å². The van der Waals surface area contributed by atoms with Gasteiger partial charge in [0.2, 0.25) is 0 Å². The third-order valence-electron chi connectivity index (χ3n) is 4.81. The Labute approximate surface area is 145 Å². The van der Waals surface area contributed by atoms with Crippen LogP contribution in [0.3, 0.4) is 0 Å². The van der Waals surface area contributed by atoms with E-state index in [0.717, 1.165) is 0 Å². The first-order chi connectivity index (χ1) is 9.84. The number of hydrogen-bond acceptors (Lipinski definition) is 0. The monoisotopic (exact) mass is 348 g/mol. The smallest absolute Gasteiger partial charge is 0.00617 e. The van der Waals surface area contributed by atoms with E-state index in [1.165, 1.54) is 22.3 Å². The first-order valence-electron chi connectivity index (χ1n) is 7.39. The van der Waals surface area contributed by atoms with Crippen molar-refractivity contribution in [3.8, 4) is 0 Å². The average Bonchev–Trinajstić information content (AvgIpc) is 3.11. The van der Waals surface area contributed by atoms with Gasteiger partial charge in [-0.3, -0.25) is 0 Å². The van der Waals surface area contributed by atoms with Gasteiger partial charge in [0, 0.05) is 38.0 Å². The van der Waals surface area contributed by atoms with Crippen molar-refractivity contribution in [2.45, 2.75) is 18.8 Å². The molecule has 4 rings (SSSR count). The molecule has 0 fully saturated rings. The summed E-state index contributed by atoms with van der Waals surface area (Å²) in [5.74, 6) is 1.66. The molecule has 0 heterocycles. The van der Waals surface area contributed by atoms with Crippen LogP contribution in [0.4, 0.5) is 0 Å². The third-order valence-corrected chi connectivity index (χ3v) is 4.81. The zero-order valence-electron chi connectivity index (χ0n) is 12.2. The van der Waals surface area contributed by atoms with Gasteiger partial charge in [0.15, 0.2) is 0 Å². The normalized spacial score (nSPS) is 22.5. The van der Waals surface area contributed by atoms with Gasteiger partial charge in [0.1, 0.15) is 0 Å². The molecule has 2 unspecified atom stereocenters. The summed E-state index contributed by atoms with van der Waals surface area (Å²) in [5.41, 5.74) is 5.75. The Morgan fingerprint density at radius 3 is 1.62 bits per heavy atom. The van der Waals surface area contributed by atoms with Gasteiger partial charge in [-0.25, -0.2) is 0 Å². The molecule has 21 heavy (non-hydrogen) atoms. The maximum Gasteiger partial charge on any atom is 0.00617 e. The Morgan fingerprint density at radius 1 is 0.714 bits per heavy atom. The molecule has 0 radical (unpaired) electrons. The van der Waals surface area contributed by atoms with E-state index in [4.69, 9.17) is 0 Å². The number of rotatable bonds is 2. The van der Waals surface area contributed by atoms with Gasteiger partial charge in [-0.1, -0.05) is 79.8 Å². The predicted octanol–water partition coefficient (Wildman–Crippen LogP) is 5.24. The SMILES string of the molecule is CC(C1C=Cc2ccccc21)C1C=Cc2ccccc21.[Zr]. The van der Waals surface area contributed by atoms with E-state index in [2.05, 4.69) is 79.8 Å². The zero-order chi connectivity index (χ0) is 13.5. The summed E-state index contributed by atoms with van der Waals surface area (Å²) in [6.07, 6.45) is 9.32. The molecular formula is C20H18Zr. The zero-order valence-corrected chi connectivity index (χ0v) is 14.6. The quantitative estimate of drug-likeness (QED) is 0.695. The van der Waals surface area contributed by atoms with Crippen LogP contribution in [0, 0.1) is 5.92 Å². The van der Waals surface area contributed by atoms with Crippen molar-refractivity contribution in [1.29, 1.82) is 0 Å². The second-order valence-electron chi connectivity index (χ2n) is 5.89. The molecule has 2 aromatic carbocycles. The van der Waals surface area contributed by atoms with Crippen molar-refractivity contribution in [2.24, 2.45) is 5.92 Å². The third kappa shape index (κ3) is 2.42. The molecule has 0 spiro atoms. The first-order valence-corrected chi connectivity index (χ1v) is 7.39. The van der Waals surface area contributed by atoms with Gasteiger partial charge in [-0.05, 0) is 28.2 Å². The van der Waals surface area contributed by atoms with Crippen molar-refractivity contribution in [1.82, 2.24) is 0 Å². The maximum absolute atomic E-state index is 2.38. The van der Waals surface area contributed by atoms with Crippen LogP contribution in [0.1, 0.15) is 41.0 Å². The Balaban J connectivity index is 0.00000132. The van der Waals surface area contributed by atoms with Gasteiger partial charge in [-0.2, -0.15) is 0 Å². The molecule has 2 aromatic rings. The summed E-state index contributed by atoms with van der Waals surface area (Å²) in [6, 6.07) is 17.6. The number of hydrogen-bond donors (Lipinski definition) is 0. The molecule has 0 amide bonds. The first kappa shape index (κ1) is 14.7. The van der Waals surface area contributed by atoms with E-state index in [-0.39, 0.29) is 26.2 Å². The van der Waals surface area contributed by atoms with E-state index < -0.39 is 0 Å². The Bertz CT molecular complexity index is 650. The molecule has 0 nitrogen and oxygen atoms in total. The average molecular weight is 350 g/mol. The molecule has 0 N–H and O–H groups in total. The largest absolute Gasteiger partial charge is 0.0761 e. The second kappa shape index (κ2) is 5.89. The van der Waals surface area contributed by atoms with Crippen LogP contribution in [-0.4, -0.2) is 0 Å². The van der Waals surface area contributed by atoms with Crippen molar-refractivity contribution in [2.75, 3.05) is 0 Å². The Kier molecular flexibility index (Phi) is 4.13. The van der Waals surface area contributed by atoms with Crippen LogP contribution in [0.5, 0.6) is 0 Å². The molecule has 0 aliphatic heterocycles. The molecule has 0 aromatic heterocycles. The van der Waals surface area contributed by atoms with Crippen molar-refractivity contribution in [3.63, 3.8) is 0 Å². The molecule has 2 atom stereocenters. The van der Waals surface area contributed by atoms with Crippen LogP contribution in [0.25, 0.3) is 12.2 Å². The van der Waals surface area contributed by atoms with E-state index in [1.807, 2.05) is 0 Å². The molecule has 0 saturated heterocycles. The maximum atomic E-state index is 2.38. The van der Waals surface area contributed by atoms with E-state index in [1.54, 1.807) is 0 Å². The fraction of sp³-hybridized carbons (Fsp3) is 0.200. The van der Waals surface area contributed by atoms with Gasteiger partial charge in [-0.15, -0.1) is 0 Å². The van der Waals surface area contributed by atoms with Crippen molar-refractivity contribution >= 4 is 12.2 Å². The minimum atomic E-state index is 0. The van der Waals surface area contributed by atoms with Gasteiger partial charge < -0.3 is 0 Å².